The molecule has 2 atom stereocenters. The number of halogens is 1. The molecule has 6 nitrogen and oxygen atoms in total. The van der Waals surface area contributed by atoms with Crippen LogP contribution in [0.25, 0.3) is 5.32 Å². The number of carbonyl (C=O) groups excluding carboxylic acids is 1. The average Bonchev–Trinajstić information content (AvgIpc) is 3.40. The largest absolute Gasteiger partial charge is 0.656 e. The van der Waals surface area contributed by atoms with Crippen LogP contribution in [0.3, 0.4) is 0 Å². The summed E-state index contributed by atoms with van der Waals surface area (Å²) in [5.41, 5.74) is 2.50. The third-order valence-corrected chi connectivity index (χ3v) is 6.83. The number of anilines is 1. The molecular formula is C26H31ClN3O3W-. The number of aldehydes is 1. The van der Waals surface area contributed by atoms with Gasteiger partial charge in [0.1, 0.15) is 23.9 Å². The third-order valence-electron chi connectivity index (χ3n) is 6.52. The molecule has 34 heavy (non-hydrogen) atoms. The van der Waals surface area contributed by atoms with Crippen molar-refractivity contribution in [3.63, 3.8) is 0 Å². The minimum absolute atomic E-state index is 0. The molecule has 2 heterocycles. The second-order valence-corrected chi connectivity index (χ2v) is 10.2. The molecule has 0 radical (unpaired) electrons. The van der Waals surface area contributed by atoms with Gasteiger partial charge in [-0.15, -0.1) is 11.6 Å². The Morgan fingerprint density at radius 1 is 1.09 bits per heavy atom. The van der Waals surface area contributed by atoms with Gasteiger partial charge in [0.05, 0.1) is 10.6 Å². The summed E-state index contributed by atoms with van der Waals surface area (Å²) in [5.74, 6) is 0.601. The Kier molecular flexibility index (Phi) is 9.60. The number of phenols is 2. The fraction of sp³-hybridized carbons (Fsp3) is 0.462. The van der Waals surface area contributed by atoms with Crippen LogP contribution < -0.4 is 4.90 Å². The Balaban J connectivity index is 0.000000187. The first kappa shape index (κ1) is 28.2. The van der Waals surface area contributed by atoms with Gasteiger partial charge in [0.25, 0.3) is 0 Å². The van der Waals surface area contributed by atoms with Gasteiger partial charge in [0.15, 0.2) is 0 Å². The number of rotatable bonds is 2. The van der Waals surface area contributed by atoms with E-state index in [1.165, 1.54) is 24.6 Å². The van der Waals surface area contributed by atoms with E-state index in [9.17, 15) is 9.90 Å². The predicted molar refractivity (Wildman–Crippen MR) is 131 cm³/mol. The number of aromatic hydroxyl groups is 2. The molecule has 2 aliphatic heterocycles. The summed E-state index contributed by atoms with van der Waals surface area (Å²) < 4.78 is 0. The Morgan fingerprint density at radius 2 is 1.68 bits per heavy atom. The van der Waals surface area contributed by atoms with Gasteiger partial charge in [-0.1, -0.05) is 44.2 Å². The van der Waals surface area contributed by atoms with Crippen LogP contribution in [0.4, 0.5) is 5.69 Å². The summed E-state index contributed by atoms with van der Waals surface area (Å²) in [5, 5.41) is 31.1. The Bertz CT molecular complexity index is 1020. The van der Waals surface area contributed by atoms with Crippen molar-refractivity contribution < 1.29 is 36.1 Å². The SMILES string of the molecule is CC1(C)CC2(C)[N-]C12.N#Cc1ccc(O)cc1Cl.O=CC1CCN(c2ccc(O)cc2)CC1.[W]. The maximum atomic E-state index is 10.6. The maximum absolute atomic E-state index is 10.6. The molecular weight excluding hydrogens is 622 g/mol. The molecule has 0 amide bonds. The maximum Gasteiger partial charge on any atom is 0.123 e. The summed E-state index contributed by atoms with van der Waals surface area (Å²) in [6, 6.07) is 14.0. The number of piperidine rings is 1. The van der Waals surface area contributed by atoms with Crippen molar-refractivity contribution in [2.45, 2.75) is 51.6 Å². The average molecular weight is 653 g/mol. The molecule has 2 aromatic rings. The van der Waals surface area contributed by atoms with Gasteiger partial charge in [-0.2, -0.15) is 5.26 Å². The molecule has 0 aromatic heterocycles. The normalized spacial score (nSPS) is 23.7. The van der Waals surface area contributed by atoms with Crippen LogP contribution in [-0.2, 0) is 25.9 Å². The number of nitrogens with zero attached hydrogens (tertiary/aromatic N) is 3. The van der Waals surface area contributed by atoms with Crippen LogP contribution >= 0.6 is 11.6 Å². The molecule has 2 saturated heterocycles. The molecule has 182 valence electrons. The topological polar surface area (TPSA) is 98.7 Å². The van der Waals surface area contributed by atoms with Crippen molar-refractivity contribution in [2.24, 2.45) is 11.3 Å². The molecule has 2 aromatic carbocycles. The van der Waals surface area contributed by atoms with Gasteiger partial charge < -0.3 is 25.2 Å². The molecule has 0 spiro atoms. The number of hydrogen-bond donors (Lipinski definition) is 2. The fourth-order valence-corrected chi connectivity index (χ4v) is 5.07. The minimum Gasteiger partial charge on any atom is -0.656 e. The number of fused-ring (bicyclic) bond motifs is 1. The molecule has 8 heteroatoms. The number of benzene rings is 2. The van der Waals surface area contributed by atoms with Crippen molar-refractivity contribution in [3.8, 4) is 17.6 Å². The third kappa shape index (κ3) is 6.98. The monoisotopic (exact) mass is 652 g/mol. The first-order chi connectivity index (χ1) is 15.6. The summed E-state index contributed by atoms with van der Waals surface area (Å²) in [6.07, 6.45) is 4.24. The standard InChI is InChI=1S/C12H15NO2.C7H4ClNO.C7H12N.W/c14-9-10-5-7-13(8-6-10)11-1-3-12(15)4-2-11;8-7-3-6(10)2-1-5(7)4-9;1-6(2)4-7(3)5(6)8-7;/h1-4,9-10,15H,5-8H2;1-3,10H;5H,4H2,1-3H3;/q;;-1;. The van der Waals surface area contributed by atoms with Crippen LogP contribution in [0.15, 0.2) is 42.5 Å². The fourth-order valence-electron chi connectivity index (χ4n) is 4.86. The first-order valence-electron chi connectivity index (χ1n) is 11.2. The second kappa shape index (κ2) is 11.6. The number of phenolic OH excluding ortho intramolecular Hbond substituents is 2. The van der Waals surface area contributed by atoms with Gasteiger partial charge >= 0.3 is 0 Å². The zero-order valence-electron chi connectivity index (χ0n) is 19.7. The summed E-state index contributed by atoms with van der Waals surface area (Å²) in [4.78, 5) is 12.8. The van der Waals surface area contributed by atoms with Gasteiger partial charge in [-0.05, 0) is 55.3 Å². The Hall–Kier alpha value is -2.06. The molecule has 5 rings (SSSR count). The van der Waals surface area contributed by atoms with Crippen molar-refractivity contribution in [1.29, 1.82) is 5.26 Å². The van der Waals surface area contributed by atoms with E-state index in [4.69, 9.17) is 22.0 Å². The molecule has 1 aliphatic carbocycles. The number of carbonyl (C=O) groups is 1. The smallest absolute Gasteiger partial charge is 0.123 e. The molecule has 2 N–H and O–H groups in total. The van der Waals surface area contributed by atoms with E-state index in [0.29, 0.717) is 22.3 Å². The summed E-state index contributed by atoms with van der Waals surface area (Å²) >= 11 is 5.55. The zero-order chi connectivity index (χ0) is 24.2. The predicted octanol–water partition coefficient (Wildman–Crippen LogP) is 5.65. The summed E-state index contributed by atoms with van der Waals surface area (Å²) in [6.45, 7) is 8.71. The first-order valence-corrected chi connectivity index (χ1v) is 11.6. The van der Waals surface area contributed by atoms with E-state index in [1.54, 1.807) is 12.1 Å². The number of hydrogen-bond acceptors (Lipinski definition) is 5. The molecule has 2 unspecified atom stereocenters. The number of nitriles is 1. The van der Waals surface area contributed by atoms with E-state index in [2.05, 4.69) is 31.0 Å². The minimum atomic E-state index is 0. The van der Waals surface area contributed by atoms with Gasteiger partial charge in [-0.25, -0.2) is 0 Å². The van der Waals surface area contributed by atoms with Crippen molar-refractivity contribution in [3.05, 3.63) is 58.4 Å². The van der Waals surface area contributed by atoms with Crippen LogP contribution in [0.5, 0.6) is 11.5 Å². The second-order valence-electron chi connectivity index (χ2n) is 9.81. The van der Waals surface area contributed by atoms with Gasteiger partial charge in [0.2, 0.25) is 0 Å². The quantitative estimate of drug-likeness (QED) is 0.323. The van der Waals surface area contributed by atoms with Crippen molar-refractivity contribution in [1.82, 2.24) is 0 Å². The van der Waals surface area contributed by atoms with E-state index in [-0.39, 0.29) is 37.8 Å². The Morgan fingerprint density at radius 3 is 2.06 bits per heavy atom. The molecule has 3 fully saturated rings. The van der Waals surface area contributed by atoms with E-state index in [1.807, 2.05) is 18.2 Å². The van der Waals surface area contributed by atoms with Gasteiger partial charge in [0, 0.05) is 45.8 Å². The Labute approximate surface area is 221 Å². The van der Waals surface area contributed by atoms with Gasteiger partial charge in [-0.3, -0.25) is 0 Å². The molecule has 0 bridgehead atoms. The van der Waals surface area contributed by atoms with Crippen LogP contribution in [0.2, 0.25) is 5.02 Å². The van der Waals surface area contributed by atoms with Crippen LogP contribution in [0.1, 0.15) is 45.6 Å². The van der Waals surface area contributed by atoms with E-state index >= 15 is 0 Å². The van der Waals surface area contributed by atoms with E-state index < -0.39 is 0 Å². The molecule has 1 saturated carbocycles. The van der Waals surface area contributed by atoms with Crippen molar-refractivity contribution >= 4 is 23.6 Å². The zero-order valence-corrected chi connectivity index (χ0v) is 23.4. The van der Waals surface area contributed by atoms with Crippen LogP contribution in [0, 0.1) is 22.7 Å². The molecule has 3 aliphatic rings. The summed E-state index contributed by atoms with van der Waals surface area (Å²) in [7, 11) is 0. The van der Waals surface area contributed by atoms with E-state index in [0.717, 1.165) is 43.9 Å². The van der Waals surface area contributed by atoms with Crippen LogP contribution in [-0.4, -0.2) is 41.2 Å². The van der Waals surface area contributed by atoms with Crippen molar-refractivity contribution in [2.75, 3.05) is 18.0 Å².